The quantitative estimate of drug-likeness (QED) is 0.358. The zero-order valence-electron chi connectivity index (χ0n) is 18.8. The van der Waals surface area contributed by atoms with Crippen LogP contribution in [0, 0.1) is 0 Å². The van der Waals surface area contributed by atoms with Crippen LogP contribution >= 0.6 is 11.6 Å². The van der Waals surface area contributed by atoms with Crippen LogP contribution in [-0.2, 0) is 0 Å². The fraction of sp³-hybridized carbons (Fsp3) is 0.115. The van der Waals surface area contributed by atoms with Gasteiger partial charge in [0.2, 0.25) is 0 Å². The van der Waals surface area contributed by atoms with Crippen molar-refractivity contribution in [1.29, 1.82) is 0 Å². The molecule has 1 fully saturated rings. The number of rotatable bonds is 5. The summed E-state index contributed by atoms with van der Waals surface area (Å²) in [5.74, 6) is 0.340. The molecule has 36 heavy (non-hydrogen) atoms. The monoisotopic (exact) mass is 495 g/mol. The molecule has 0 bridgehead atoms. The summed E-state index contributed by atoms with van der Waals surface area (Å²) in [4.78, 5) is 30.2. The van der Waals surface area contributed by atoms with E-state index in [2.05, 4.69) is 25.8 Å². The Bertz CT molecular complexity index is 1700. The van der Waals surface area contributed by atoms with Crippen molar-refractivity contribution in [2.75, 3.05) is 10.6 Å². The predicted octanol–water partition coefficient (Wildman–Crippen LogP) is 4.96. The van der Waals surface area contributed by atoms with Crippen molar-refractivity contribution in [3.8, 4) is 11.4 Å². The molecule has 0 atom stereocenters. The molecule has 2 N–H and O–H groups in total. The number of amides is 2. The van der Waals surface area contributed by atoms with Crippen LogP contribution in [0.2, 0.25) is 5.02 Å². The Morgan fingerprint density at radius 2 is 1.97 bits per heavy atom. The molecule has 9 nitrogen and oxygen atoms in total. The topological polar surface area (TPSA) is 107 Å². The molecule has 0 unspecified atom stereocenters. The normalized spacial score (nSPS) is 14.3. The Kier molecular flexibility index (Phi) is 4.49. The molecule has 5 aromatic rings. The van der Waals surface area contributed by atoms with Crippen LogP contribution in [0.5, 0.6) is 0 Å². The Morgan fingerprint density at radius 1 is 1.08 bits per heavy atom. The first kappa shape index (κ1) is 20.8. The number of benzene rings is 2. The van der Waals surface area contributed by atoms with Crippen LogP contribution in [0.1, 0.15) is 45.2 Å². The van der Waals surface area contributed by atoms with E-state index >= 15 is 0 Å². The molecule has 0 spiro atoms. The summed E-state index contributed by atoms with van der Waals surface area (Å²) in [6, 6.07) is 12.7. The molecule has 4 heterocycles. The van der Waals surface area contributed by atoms with E-state index in [-0.39, 0.29) is 17.7 Å². The molecule has 10 heteroatoms. The molecular weight excluding hydrogens is 478 g/mol. The van der Waals surface area contributed by atoms with Gasteiger partial charge in [0.05, 0.1) is 45.6 Å². The number of pyridine rings is 1. The third kappa shape index (κ3) is 3.20. The summed E-state index contributed by atoms with van der Waals surface area (Å²) in [6.45, 7) is 0. The molecule has 2 amide bonds. The first-order valence-corrected chi connectivity index (χ1v) is 11.9. The zero-order valence-corrected chi connectivity index (χ0v) is 19.5. The molecular formula is C26H18ClN7O2. The Labute approximate surface area is 209 Å². The molecule has 7 rings (SSSR count). The van der Waals surface area contributed by atoms with Crippen LogP contribution in [0.3, 0.4) is 0 Å². The van der Waals surface area contributed by atoms with Crippen molar-refractivity contribution in [2.45, 2.75) is 18.8 Å². The minimum Gasteiger partial charge on any atom is -0.322 e. The van der Waals surface area contributed by atoms with Gasteiger partial charge in [0, 0.05) is 34.8 Å². The van der Waals surface area contributed by atoms with Gasteiger partial charge in [-0.05, 0) is 43.2 Å². The maximum Gasteiger partial charge on any atom is 0.259 e. The Hall–Kier alpha value is -4.50. The van der Waals surface area contributed by atoms with Crippen LogP contribution < -0.4 is 10.6 Å². The lowest BCUT2D eigenvalue weighted by Gasteiger charge is -2.12. The predicted molar refractivity (Wildman–Crippen MR) is 135 cm³/mol. The van der Waals surface area contributed by atoms with Crippen LogP contribution in [0.25, 0.3) is 22.1 Å². The SMILES string of the molecule is O=C(Nc1ccc(-n2cccn2)c(Cl)c1)c1cnn(-c2cnc3c4c(cccc24)C(=O)N3)c1C1CC1. The Balaban J connectivity index is 1.26. The number of carbonyl (C=O) groups is 2. The summed E-state index contributed by atoms with van der Waals surface area (Å²) < 4.78 is 3.46. The van der Waals surface area contributed by atoms with Gasteiger partial charge < -0.3 is 10.6 Å². The van der Waals surface area contributed by atoms with Gasteiger partial charge in [-0.3, -0.25) is 9.59 Å². The van der Waals surface area contributed by atoms with Gasteiger partial charge in [-0.15, -0.1) is 0 Å². The largest absolute Gasteiger partial charge is 0.322 e. The van der Waals surface area contributed by atoms with Crippen LogP contribution in [0.15, 0.2) is 67.3 Å². The summed E-state index contributed by atoms with van der Waals surface area (Å²) in [7, 11) is 0. The van der Waals surface area contributed by atoms with E-state index in [1.807, 2.05) is 24.3 Å². The molecule has 3 aromatic heterocycles. The molecule has 1 aliphatic heterocycles. The van der Waals surface area contributed by atoms with E-state index in [9.17, 15) is 9.59 Å². The number of anilines is 2. The van der Waals surface area contributed by atoms with E-state index in [4.69, 9.17) is 11.6 Å². The lowest BCUT2D eigenvalue weighted by molar-refractivity contribution is 0.102. The van der Waals surface area contributed by atoms with E-state index in [1.165, 1.54) is 0 Å². The fourth-order valence-electron chi connectivity index (χ4n) is 4.76. The van der Waals surface area contributed by atoms with Gasteiger partial charge in [0.25, 0.3) is 11.8 Å². The average Bonchev–Trinajstić information content (AvgIpc) is 3.26. The lowest BCUT2D eigenvalue weighted by atomic mass is 10.1. The number of halogens is 1. The first-order chi connectivity index (χ1) is 17.6. The maximum absolute atomic E-state index is 13.4. The van der Waals surface area contributed by atoms with Gasteiger partial charge in [-0.25, -0.2) is 14.3 Å². The van der Waals surface area contributed by atoms with Gasteiger partial charge in [-0.1, -0.05) is 23.7 Å². The highest BCUT2D eigenvalue weighted by atomic mass is 35.5. The van der Waals surface area contributed by atoms with E-state index in [1.54, 1.807) is 52.4 Å². The van der Waals surface area contributed by atoms with Gasteiger partial charge in [0.1, 0.15) is 5.82 Å². The van der Waals surface area contributed by atoms with Crippen molar-refractivity contribution in [3.63, 3.8) is 0 Å². The third-order valence-electron chi connectivity index (χ3n) is 6.57. The first-order valence-electron chi connectivity index (χ1n) is 11.5. The van der Waals surface area contributed by atoms with Gasteiger partial charge >= 0.3 is 0 Å². The van der Waals surface area contributed by atoms with Crippen molar-refractivity contribution < 1.29 is 9.59 Å². The second-order valence-electron chi connectivity index (χ2n) is 8.87. The molecule has 2 aromatic carbocycles. The molecule has 2 aliphatic rings. The molecule has 1 aliphatic carbocycles. The minimum absolute atomic E-state index is 0.166. The summed E-state index contributed by atoms with van der Waals surface area (Å²) in [5, 5.41) is 16.7. The highest BCUT2D eigenvalue weighted by molar-refractivity contribution is 6.32. The molecule has 176 valence electrons. The number of carbonyl (C=O) groups excluding carboxylic acids is 2. The Morgan fingerprint density at radius 3 is 2.75 bits per heavy atom. The fourth-order valence-corrected chi connectivity index (χ4v) is 5.03. The number of aromatic nitrogens is 5. The summed E-state index contributed by atoms with van der Waals surface area (Å²) in [6.07, 6.45) is 8.72. The van der Waals surface area contributed by atoms with Crippen LogP contribution in [0.4, 0.5) is 11.5 Å². The number of hydrogen-bond donors (Lipinski definition) is 2. The summed E-state index contributed by atoms with van der Waals surface area (Å²) >= 11 is 6.46. The van der Waals surface area contributed by atoms with Gasteiger partial charge in [0.15, 0.2) is 0 Å². The molecule has 0 radical (unpaired) electrons. The standard InChI is InChI=1S/C26H18ClN7O2/c27-19-11-15(7-8-20(19)33-10-2-9-29-33)31-26(36)18-12-30-34(23(18)14-5-6-14)21-13-28-24-22-16(21)3-1-4-17(22)25(35)32-24/h1-4,7-14H,5-6H2,(H,31,36)(H,28,32,35). The minimum atomic E-state index is -0.262. The van der Waals surface area contributed by atoms with Crippen molar-refractivity contribution in [2.24, 2.45) is 0 Å². The van der Waals surface area contributed by atoms with Gasteiger partial charge in [-0.2, -0.15) is 10.2 Å². The van der Waals surface area contributed by atoms with E-state index in [0.29, 0.717) is 27.7 Å². The number of nitrogens with one attached hydrogen (secondary N) is 2. The second-order valence-corrected chi connectivity index (χ2v) is 9.28. The molecule has 0 saturated heterocycles. The summed E-state index contributed by atoms with van der Waals surface area (Å²) in [5.41, 5.74) is 3.96. The van der Waals surface area contributed by atoms with Crippen molar-refractivity contribution >= 4 is 45.7 Å². The smallest absolute Gasteiger partial charge is 0.259 e. The molecule has 1 saturated carbocycles. The van der Waals surface area contributed by atoms with Crippen molar-refractivity contribution in [3.05, 3.63) is 89.1 Å². The third-order valence-corrected chi connectivity index (χ3v) is 6.87. The number of hydrogen-bond acceptors (Lipinski definition) is 5. The maximum atomic E-state index is 13.4. The van der Waals surface area contributed by atoms with E-state index < -0.39 is 0 Å². The van der Waals surface area contributed by atoms with Crippen LogP contribution in [-0.4, -0.2) is 36.4 Å². The highest BCUT2D eigenvalue weighted by Gasteiger charge is 2.34. The number of nitrogens with zero attached hydrogens (tertiary/aromatic N) is 5. The zero-order chi connectivity index (χ0) is 24.4. The van der Waals surface area contributed by atoms with Crippen molar-refractivity contribution in [1.82, 2.24) is 24.5 Å². The van der Waals surface area contributed by atoms with E-state index in [0.717, 1.165) is 40.7 Å². The second kappa shape index (κ2) is 7.76. The lowest BCUT2D eigenvalue weighted by Crippen LogP contribution is -2.14. The highest BCUT2D eigenvalue weighted by Crippen LogP contribution is 2.44. The average molecular weight is 496 g/mol.